The molecule has 1 aromatic carbocycles. The van der Waals surface area contributed by atoms with E-state index in [1.165, 1.54) is 17.9 Å². The number of nitrogens with one attached hydrogen (secondary N) is 1. The maximum Gasteiger partial charge on any atom is 0.0352 e. The maximum atomic E-state index is 5.33. The van der Waals surface area contributed by atoms with Crippen LogP contribution in [-0.4, -0.2) is 18.1 Å². The number of hydrogen-bond donors (Lipinski definition) is 1. The molecule has 0 saturated heterocycles. The summed E-state index contributed by atoms with van der Waals surface area (Å²) in [5, 5.41) is 3.37. The monoisotopic (exact) mass is 219 g/mol. The summed E-state index contributed by atoms with van der Waals surface area (Å²) < 4.78 is 0. The molecule has 0 fully saturated rings. The Morgan fingerprint density at radius 3 is 3.07 bits per heavy atom. The first kappa shape index (κ1) is 12.0. The quantitative estimate of drug-likeness (QED) is 0.582. The Bertz CT molecular complexity index is 328. The van der Waals surface area contributed by atoms with E-state index in [2.05, 4.69) is 18.2 Å². The van der Waals surface area contributed by atoms with Crippen LogP contribution in [0.3, 0.4) is 0 Å². The highest BCUT2D eigenvalue weighted by molar-refractivity contribution is 7.99. The lowest BCUT2D eigenvalue weighted by molar-refractivity contribution is 0.992. The molecule has 0 bridgehead atoms. The Kier molecular flexibility index (Phi) is 5.80. The molecule has 80 valence electrons. The van der Waals surface area contributed by atoms with Crippen molar-refractivity contribution in [3.8, 4) is 12.3 Å². The van der Waals surface area contributed by atoms with E-state index in [-0.39, 0.29) is 0 Å². The van der Waals surface area contributed by atoms with Gasteiger partial charge in [0.15, 0.2) is 0 Å². The van der Waals surface area contributed by atoms with Gasteiger partial charge in [-0.3, -0.25) is 0 Å². The molecule has 0 spiro atoms. The highest BCUT2D eigenvalue weighted by Crippen LogP contribution is 2.10. The second-order valence-corrected chi connectivity index (χ2v) is 4.60. The Labute approximate surface area is 96.7 Å². The highest BCUT2D eigenvalue weighted by atomic mass is 32.2. The van der Waals surface area contributed by atoms with E-state index in [1.807, 2.05) is 36.0 Å². The van der Waals surface area contributed by atoms with Crippen molar-refractivity contribution in [2.45, 2.75) is 13.3 Å². The van der Waals surface area contributed by atoms with Gasteiger partial charge in [0, 0.05) is 17.8 Å². The molecular formula is C13H17NS. The molecule has 0 radical (unpaired) electrons. The first-order valence-electron chi connectivity index (χ1n) is 5.25. The number of terminal acetylenes is 1. The van der Waals surface area contributed by atoms with Crippen LogP contribution in [0.5, 0.6) is 0 Å². The smallest absolute Gasteiger partial charge is 0.0352 e. The number of benzene rings is 1. The molecule has 1 N–H and O–H groups in total. The van der Waals surface area contributed by atoms with Gasteiger partial charge in [0.2, 0.25) is 0 Å². The van der Waals surface area contributed by atoms with Crippen LogP contribution < -0.4 is 5.32 Å². The zero-order chi connectivity index (χ0) is 10.9. The Hall–Kier alpha value is -1.07. The number of rotatable bonds is 6. The van der Waals surface area contributed by atoms with Gasteiger partial charge < -0.3 is 5.32 Å². The second kappa shape index (κ2) is 7.25. The molecule has 0 amide bonds. The van der Waals surface area contributed by atoms with Gasteiger partial charge in [0.1, 0.15) is 0 Å². The summed E-state index contributed by atoms with van der Waals surface area (Å²) in [4.78, 5) is 0. The summed E-state index contributed by atoms with van der Waals surface area (Å²) in [6.07, 6.45) is 6.53. The van der Waals surface area contributed by atoms with E-state index in [0.29, 0.717) is 0 Å². The molecule has 1 aromatic rings. The molecule has 0 aliphatic rings. The van der Waals surface area contributed by atoms with E-state index >= 15 is 0 Å². The molecule has 15 heavy (non-hydrogen) atoms. The van der Waals surface area contributed by atoms with E-state index in [4.69, 9.17) is 6.42 Å². The molecule has 0 aromatic heterocycles. The molecule has 0 aliphatic heterocycles. The average molecular weight is 219 g/mol. The predicted molar refractivity (Wildman–Crippen MR) is 70.5 cm³/mol. The van der Waals surface area contributed by atoms with Gasteiger partial charge in [-0.15, -0.1) is 6.42 Å². The van der Waals surface area contributed by atoms with Crippen LogP contribution in [0.15, 0.2) is 24.3 Å². The van der Waals surface area contributed by atoms with Gasteiger partial charge in [0.05, 0.1) is 0 Å². The van der Waals surface area contributed by atoms with Gasteiger partial charge in [-0.25, -0.2) is 0 Å². The molecule has 0 aliphatic carbocycles. The summed E-state index contributed by atoms with van der Waals surface area (Å²) in [6, 6.07) is 7.98. The molecule has 1 nitrogen and oxygen atoms in total. The van der Waals surface area contributed by atoms with E-state index in [1.54, 1.807) is 0 Å². The Balaban J connectivity index is 2.28. The van der Waals surface area contributed by atoms with Gasteiger partial charge >= 0.3 is 0 Å². The molecule has 0 atom stereocenters. The van der Waals surface area contributed by atoms with E-state index in [0.717, 1.165) is 17.8 Å². The normalized spacial score (nSPS) is 9.60. The molecular weight excluding hydrogens is 202 g/mol. The molecule has 0 saturated carbocycles. The van der Waals surface area contributed by atoms with Crippen molar-refractivity contribution in [1.82, 2.24) is 0 Å². The summed E-state index contributed by atoms with van der Waals surface area (Å²) >= 11 is 1.98. The van der Waals surface area contributed by atoms with Gasteiger partial charge in [-0.2, -0.15) is 11.8 Å². The van der Waals surface area contributed by atoms with Crippen molar-refractivity contribution in [1.29, 1.82) is 0 Å². The van der Waals surface area contributed by atoms with Crippen molar-refractivity contribution >= 4 is 17.4 Å². The van der Waals surface area contributed by atoms with E-state index in [9.17, 15) is 0 Å². The summed E-state index contributed by atoms with van der Waals surface area (Å²) in [6.45, 7) is 3.20. The number of hydrogen-bond acceptors (Lipinski definition) is 2. The maximum absolute atomic E-state index is 5.33. The summed E-state index contributed by atoms with van der Waals surface area (Å²) in [7, 11) is 0. The second-order valence-electron chi connectivity index (χ2n) is 3.20. The highest BCUT2D eigenvalue weighted by Gasteiger charge is 1.92. The van der Waals surface area contributed by atoms with E-state index < -0.39 is 0 Å². The van der Waals surface area contributed by atoms with Crippen LogP contribution in [-0.2, 0) is 0 Å². The van der Waals surface area contributed by atoms with Gasteiger partial charge in [0.25, 0.3) is 0 Å². The summed E-state index contributed by atoms with van der Waals surface area (Å²) in [5.41, 5.74) is 2.05. The third-order valence-electron chi connectivity index (χ3n) is 2.03. The molecule has 2 heteroatoms. The van der Waals surface area contributed by atoms with Crippen molar-refractivity contribution < 1.29 is 0 Å². The molecule has 1 rings (SSSR count). The van der Waals surface area contributed by atoms with Crippen LogP contribution in [0.1, 0.15) is 18.9 Å². The van der Waals surface area contributed by atoms with Crippen LogP contribution >= 0.6 is 11.8 Å². The zero-order valence-electron chi connectivity index (χ0n) is 9.12. The minimum atomic E-state index is 0.933. The standard InChI is InChI=1S/C13H17NS/c1-3-12-7-5-8-13(11-12)14-9-6-10-15-4-2/h1,5,7-8,11,14H,4,6,9-10H2,2H3. The van der Waals surface area contributed by atoms with Crippen molar-refractivity contribution in [2.75, 3.05) is 23.4 Å². The fraction of sp³-hybridized carbons (Fsp3) is 0.385. The predicted octanol–water partition coefficient (Wildman–Crippen LogP) is 3.22. The largest absolute Gasteiger partial charge is 0.385 e. The Morgan fingerprint density at radius 1 is 1.47 bits per heavy atom. The minimum Gasteiger partial charge on any atom is -0.385 e. The zero-order valence-corrected chi connectivity index (χ0v) is 9.94. The fourth-order valence-electron chi connectivity index (χ4n) is 1.27. The Morgan fingerprint density at radius 2 is 2.33 bits per heavy atom. The third-order valence-corrected chi connectivity index (χ3v) is 3.01. The van der Waals surface area contributed by atoms with Gasteiger partial charge in [-0.05, 0) is 36.1 Å². The van der Waals surface area contributed by atoms with Crippen LogP contribution in [0, 0.1) is 12.3 Å². The number of thioether (sulfide) groups is 1. The lowest BCUT2D eigenvalue weighted by Crippen LogP contribution is -2.02. The van der Waals surface area contributed by atoms with Crippen LogP contribution in [0.4, 0.5) is 5.69 Å². The van der Waals surface area contributed by atoms with Crippen LogP contribution in [0.2, 0.25) is 0 Å². The van der Waals surface area contributed by atoms with Crippen molar-refractivity contribution in [2.24, 2.45) is 0 Å². The molecule has 0 heterocycles. The topological polar surface area (TPSA) is 12.0 Å². The minimum absolute atomic E-state index is 0.933. The van der Waals surface area contributed by atoms with Crippen LogP contribution in [0.25, 0.3) is 0 Å². The average Bonchev–Trinajstić information content (AvgIpc) is 2.29. The lowest BCUT2D eigenvalue weighted by Gasteiger charge is -2.06. The number of anilines is 1. The first-order chi connectivity index (χ1) is 7.36. The fourth-order valence-corrected chi connectivity index (χ4v) is 1.91. The first-order valence-corrected chi connectivity index (χ1v) is 6.40. The SMILES string of the molecule is C#Cc1cccc(NCCCSCC)c1. The third kappa shape index (κ3) is 4.80. The molecule has 0 unspecified atom stereocenters. The lowest BCUT2D eigenvalue weighted by atomic mass is 10.2. The van der Waals surface area contributed by atoms with Crippen molar-refractivity contribution in [3.63, 3.8) is 0 Å². The van der Waals surface area contributed by atoms with Crippen molar-refractivity contribution in [3.05, 3.63) is 29.8 Å². The van der Waals surface area contributed by atoms with Gasteiger partial charge in [-0.1, -0.05) is 18.9 Å². The summed E-state index contributed by atoms with van der Waals surface area (Å²) in [5.74, 6) is 5.06.